The largest absolute Gasteiger partial charge is 0.381 e. The third kappa shape index (κ3) is 43.8. The molecule has 1 rings (SSSR count). The molecule has 0 aromatic rings. The second-order valence-corrected chi connectivity index (χ2v) is 5.77. The van der Waals surface area contributed by atoms with Crippen LogP contribution in [0.2, 0.25) is 0 Å². The highest BCUT2D eigenvalue weighted by Gasteiger charge is 1.94. The first-order valence-corrected chi connectivity index (χ1v) is 6.99. The molecule has 1 saturated heterocycles. The molecule has 0 spiro atoms. The highest BCUT2D eigenvalue weighted by molar-refractivity contribution is 7.83. The van der Waals surface area contributed by atoms with Gasteiger partial charge >= 0.3 is 0 Å². The van der Waals surface area contributed by atoms with Crippen LogP contribution in [-0.4, -0.2) is 34.2 Å². The second kappa shape index (κ2) is 13.0. The predicted octanol–water partition coefficient (Wildman–Crippen LogP) is 2.78. The molecule has 0 atom stereocenters. The Morgan fingerprint density at radius 3 is 1.46 bits per heavy atom. The van der Waals surface area contributed by atoms with Crippen molar-refractivity contribution in [2.75, 3.05) is 25.7 Å². The molecule has 0 aliphatic carbocycles. The molecule has 1 aliphatic rings. The molecule has 0 aromatic carbocycles. The molecule has 2 nitrogen and oxygen atoms in total. The minimum Gasteiger partial charge on any atom is -0.381 e. The second-order valence-electron chi connectivity index (χ2n) is 2.31. The Kier molecular flexibility index (Phi) is 16.4. The molecular weight excluding hydrogens is 255 g/mol. The van der Waals surface area contributed by atoms with Gasteiger partial charge in [0.15, 0.2) is 4.30 Å². The van der Waals surface area contributed by atoms with Crippen molar-refractivity contribution < 1.29 is 8.95 Å². The van der Waals surface area contributed by atoms with E-state index < -0.39 is 15.1 Å². The van der Waals surface area contributed by atoms with E-state index in [4.69, 9.17) is 39.5 Å². The van der Waals surface area contributed by atoms with Gasteiger partial charge in [0.25, 0.3) is 0 Å². The summed E-state index contributed by atoms with van der Waals surface area (Å²) in [5, 5.41) is 0. The molecule has 0 saturated carbocycles. The Labute approximate surface area is 97.3 Å². The van der Waals surface area contributed by atoms with Crippen molar-refractivity contribution in [2.24, 2.45) is 0 Å². The van der Waals surface area contributed by atoms with E-state index >= 15 is 0 Å². The van der Waals surface area contributed by atoms with Crippen LogP contribution in [0.5, 0.6) is 0 Å². The highest BCUT2D eigenvalue weighted by Crippen LogP contribution is 2.03. The van der Waals surface area contributed by atoms with Gasteiger partial charge in [-0.25, -0.2) is 0 Å². The maximum absolute atomic E-state index is 9.56. The molecule has 1 heterocycles. The summed E-state index contributed by atoms with van der Waals surface area (Å²) in [6.45, 7) is 2.00. The van der Waals surface area contributed by atoms with Gasteiger partial charge in [-0.15, -0.1) is 0 Å². The number of ether oxygens (including phenoxy) is 1. The fourth-order valence-corrected chi connectivity index (χ4v) is 0.510. The van der Waals surface area contributed by atoms with Crippen LogP contribution >= 0.6 is 34.8 Å². The Balaban J connectivity index is 0. The topological polar surface area (TPSA) is 26.3 Å². The Morgan fingerprint density at radius 1 is 1.15 bits per heavy atom. The van der Waals surface area contributed by atoms with E-state index in [0.717, 1.165) is 13.2 Å². The smallest absolute Gasteiger partial charge is 0.180 e. The average Bonchev–Trinajstić information content (AvgIpc) is 2.35. The first kappa shape index (κ1) is 16.4. The van der Waals surface area contributed by atoms with Crippen LogP contribution < -0.4 is 0 Å². The molecule has 0 N–H and O–H groups in total. The lowest BCUT2D eigenvalue weighted by atomic mass is 10.4. The molecule has 0 unspecified atom stereocenters. The van der Waals surface area contributed by atoms with Crippen molar-refractivity contribution >= 4 is 45.6 Å². The standard InChI is InChI=1S/C4H8O.C2H6OS.CHCl3/c1-2-4-5-3-1;1-4(2)3;2-1(3)4/h1-4H2;1-2H3;1H. The Bertz CT molecular complexity index is 104. The zero-order valence-electron chi connectivity index (χ0n) is 7.76. The van der Waals surface area contributed by atoms with Gasteiger partial charge in [0.05, 0.1) is 0 Å². The zero-order chi connectivity index (χ0) is 10.7. The van der Waals surface area contributed by atoms with Gasteiger partial charge in [-0.1, -0.05) is 34.8 Å². The van der Waals surface area contributed by atoms with Gasteiger partial charge in [-0.3, -0.25) is 4.21 Å². The highest BCUT2D eigenvalue weighted by atomic mass is 35.6. The normalized spacial score (nSPS) is 14.7. The monoisotopic (exact) mass is 268 g/mol. The molecule has 13 heavy (non-hydrogen) atoms. The Hall–Kier alpha value is 0.980. The minimum absolute atomic E-state index is 0.611. The van der Waals surface area contributed by atoms with E-state index in [2.05, 4.69) is 0 Å². The number of alkyl halides is 3. The minimum atomic E-state index is -0.750. The Morgan fingerprint density at radius 2 is 1.38 bits per heavy atom. The first-order chi connectivity index (χ1) is 5.96. The molecule has 0 bridgehead atoms. The van der Waals surface area contributed by atoms with Gasteiger partial charge in [0.1, 0.15) is 0 Å². The van der Waals surface area contributed by atoms with Crippen LogP contribution in [0, 0.1) is 0 Å². The summed E-state index contributed by atoms with van der Waals surface area (Å²) in [5.74, 6) is 0. The van der Waals surface area contributed by atoms with Gasteiger partial charge in [0, 0.05) is 36.5 Å². The molecule has 6 heteroatoms. The van der Waals surface area contributed by atoms with Crippen LogP contribution in [0.1, 0.15) is 12.8 Å². The molecule has 1 fully saturated rings. The predicted molar refractivity (Wildman–Crippen MR) is 61.4 cm³/mol. The summed E-state index contributed by atoms with van der Waals surface area (Å²) in [6, 6.07) is 0. The summed E-state index contributed by atoms with van der Waals surface area (Å²) >= 11 is 14.4. The van der Waals surface area contributed by atoms with Crippen LogP contribution in [0.15, 0.2) is 0 Å². The van der Waals surface area contributed by atoms with Crippen molar-refractivity contribution in [1.82, 2.24) is 0 Å². The molecule has 0 amide bonds. The maximum atomic E-state index is 9.56. The lowest BCUT2D eigenvalue weighted by molar-refractivity contribution is 0.198. The third-order valence-electron chi connectivity index (χ3n) is 0.827. The maximum Gasteiger partial charge on any atom is 0.180 e. The van der Waals surface area contributed by atoms with E-state index in [1.807, 2.05) is 0 Å². The first-order valence-electron chi connectivity index (χ1n) is 3.72. The van der Waals surface area contributed by atoms with Crippen LogP contribution in [0.4, 0.5) is 0 Å². The summed E-state index contributed by atoms with van der Waals surface area (Å²) in [6.07, 6.45) is 5.83. The van der Waals surface area contributed by atoms with Crippen molar-refractivity contribution in [1.29, 1.82) is 0 Å². The van der Waals surface area contributed by atoms with Crippen molar-refractivity contribution in [3.63, 3.8) is 0 Å². The fourth-order valence-electron chi connectivity index (χ4n) is 0.510. The van der Waals surface area contributed by atoms with E-state index in [0.29, 0.717) is 0 Å². The van der Waals surface area contributed by atoms with E-state index in [1.165, 1.54) is 12.8 Å². The number of hydrogen-bond donors (Lipinski definition) is 0. The summed E-state index contributed by atoms with van der Waals surface area (Å²) < 4.78 is 13.8. The van der Waals surface area contributed by atoms with Gasteiger partial charge in [-0.05, 0) is 12.8 Å². The van der Waals surface area contributed by atoms with Gasteiger partial charge in [0.2, 0.25) is 0 Å². The van der Waals surface area contributed by atoms with E-state index in [1.54, 1.807) is 12.5 Å². The zero-order valence-corrected chi connectivity index (χ0v) is 10.8. The van der Waals surface area contributed by atoms with Crippen molar-refractivity contribution in [3.05, 3.63) is 0 Å². The number of rotatable bonds is 0. The molecule has 0 radical (unpaired) electrons. The molecule has 1 aliphatic heterocycles. The molecule has 82 valence electrons. The van der Waals surface area contributed by atoms with Gasteiger partial charge < -0.3 is 4.74 Å². The summed E-state index contributed by atoms with van der Waals surface area (Å²) in [7, 11) is -0.611. The lowest BCUT2D eigenvalue weighted by Gasteiger charge is -1.76. The summed E-state index contributed by atoms with van der Waals surface area (Å²) in [5.41, 5.74) is 0. The average molecular weight is 270 g/mol. The number of halogens is 3. The van der Waals surface area contributed by atoms with Crippen LogP contribution in [0.25, 0.3) is 0 Å². The van der Waals surface area contributed by atoms with Crippen molar-refractivity contribution in [2.45, 2.75) is 17.1 Å². The summed E-state index contributed by atoms with van der Waals surface area (Å²) in [4.78, 5) is 0. The molecular formula is C7H15Cl3O2S. The third-order valence-corrected chi connectivity index (χ3v) is 0.827. The van der Waals surface area contributed by atoms with E-state index in [9.17, 15) is 4.21 Å². The van der Waals surface area contributed by atoms with E-state index in [-0.39, 0.29) is 0 Å². The van der Waals surface area contributed by atoms with Crippen LogP contribution in [0.3, 0.4) is 0 Å². The quantitative estimate of drug-likeness (QED) is 0.632. The van der Waals surface area contributed by atoms with Crippen molar-refractivity contribution in [3.8, 4) is 0 Å². The van der Waals surface area contributed by atoms with Crippen LogP contribution in [-0.2, 0) is 15.5 Å². The lowest BCUT2D eigenvalue weighted by Crippen LogP contribution is -1.74. The fraction of sp³-hybridized carbons (Fsp3) is 1.00. The van der Waals surface area contributed by atoms with Gasteiger partial charge in [-0.2, -0.15) is 0 Å². The SMILES string of the molecule is C1CCOC1.CS(C)=O.ClC(Cl)Cl. The molecule has 0 aromatic heterocycles. The number of hydrogen-bond acceptors (Lipinski definition) is 2.